The lowest BCUT2D eigenvalue weighted by Gasteiger charge is -2.14. The monoisotopic (exact) mass is 246 g/mol. The molecule has 4 aromatic carbocycles. The highest BCUT2D eigenvalue weighted by Gasteiger charge is 2.12. The van der Waals surface area contributed by atoms with E-state index < -0.39 is 0 Å². The predicted molar refractivity (Wildman–Crippen MR) is 81.2 cm³/mol. The summed E-state index contributed by atoms with van der Waals surface area (Å²) in [6.07, 6.45) is 0.932. The Kier molecular flexibility index (Phi) is 2.02. The lowest BCUT2D eigenvalue weighted by molar-refractivity contribution is 0.481. The molecule has 0 aliphatic carbocycles. The lowest BCUT2D eigenvalue weighted by atomic mass is 9.91. The molecule has 0 aliphatic heterocycles. The molecule has 1 nitrogen and oxygen atoms in total. The van der Waals surface area contributed by atoms with E-state index >= 15 is 0 Å². The van der Waals surface area contributed by atoms with Gasteiger partial charge in [0.05, 0.1) is 0 Å². The molecule has 1 N–H and O–H groups in total. The van der Waals surface area contributed by atoms with Crippen LogP contribution in [0.3, 0.4) is 0 Å². The highest BCUT2D eigenvalue weighted by atomic mass is 16.3. The minimum atomic E-state index is 0.391. The van der Waals surface area contributed by atoms with Crippen LogP contribution in [0.1, 0.15) is 12.5 Å². The van der Waals surface area contributed by atoms with Gasteiger partial charge in [-0.15, -0.1) is 0 Å². The number of rotatable bonds is 1. The summed E-state index contributed by atoms with van der Waals surface area (Å²) in [5.74, 6) is 0.391. The van der Waals surface area contributed by atoms with Crippen LogP contribution in [0.25, 0.3) is 32.3 Å². The maximum Gasteiger partial charge on any atom is 0.123 e. The smallest absolute Gasteiger partial charge is 0.123 e. The molecule has 0 heterocycles. The lowest BCUT2D eigenvalue weighted by Crippen LogP contribution is -1.89. The molecule has 0 bridgehead atoms. The van der Waals surface area contributed by atoms with Crippen molar-refractivity contribution < 1.29 is 5.11 Å². The van der Waals surface area contributed by atoms with E-state index in [4.69, 9.17) is 0 Å². The quantitative estimate of drug-likeness (QED) is 0.476. The maximum atomic E-state index is 10.3. The van der Waals surface area contributed by atoms with Crippen LogP contribution in [0, 0.1) is 0 Å². The average Bonchev–Trinajstić information content (AvgIpc) is 2.46. The van der Waals surface area contributed by atoms with Crippen molar-refractivity contribution in [3.05, 3.63) is 54.1 Å². The molecular weight excluding hydrogens is 232 g/mol. The van der Waals surface area contributed by atoms with Gasteiger partial charge in [-0.1, -0.05) is 49.4 Å². The third kappa shape index (κ3) is 1.30. The van der Waals surface area contributed by atoms with Gasteiger partial charge in [-0.3, -0.25) is 0 Å². The van der Waals surface area contributed by atoms with Crippen molar-refractivity contribution in [2.75, 3.05) is 0 Å². The number of phenolic OH excluding ortho intramolecular Hbond substituents is 1. The zero-order valence-corrected chi connectivity index (χ0v) is 10.8. The molecule has 0 fully saturated rings. The number of hydrogen-bond acceptors (Lipinski definition) is 1. The first kappa shape index (κ1) is 10.6. The highest BCUT2D eigenvalue weighted by Crippen LogP contribution is 2.39. The van der Waals surface area contributed by atoms with Gasteiger partial charge in [0.25, 0.3) is 0 Å². The summed E-state index contributed by atoms with van der Waals surface area (Å²) >= 11 is 0. The Morgan fingerprint density at radius 2 is 1.53 bits per heavy atom. The van der Waals surface area contributed by atoms with Crippen molar-refractivity contribution in [3.63, 3.8) is 0 Å². The minimum absolute atomic E-state index is 0.391. The Balaban J connectivity index is 2.41. The predicted octanol–water partition coefficient (Wildman–Crippen LogP) is 4.85. The summed E-state index contributed by atoms with van der Waals surface area (Å²) in [7, 11) is 0. The number of aryl methyl sites for hydroxylation is 1. The molecule has 4 rings (SSSR count). The van der Waals surface area contributed by atoms with Gasteiger partial charge in [-0.2, -0.15) is 0 Å². The first-order chi connectivity index (χ1) is 9.29. The van der Waals surface area contributed by atoms with E-state index in [0.717, 1.165) is 11.8 Å². The van der Waals surface area contributed by atoms with Crippen LogP contribution in [-0.2, 0) is 6.42 Å². The van der Waals surface area contributed by atoms with Crippen molar-refractivity contribution in [1.29, 1.82) is 0 Å². The van der Waals surface area contributed by atoms with E-state index in [1.54, 1.807) is 0 Å². The van der Waals surface area contributed by atoms with Crippen molar-refractivity contribution in [2.24, 2.45) is 0 Å². The van der Waals surface area contributed by atoms with Gasteiger partial charge in [0, 0.05) is 10.8 Å². The fourth-order valence-corrected chi connectivity index (χ4v) is 3.18. The van der Waals surface area contributed by atoms with Crippen LogP contribution in [0.4, 0.5) is 0 Å². The first-order valence-electron chi connectivity index (χ1n) is 6.68. The summed E-state index contributed by atoms with van der Waals surface area (Å²) in [5, 5.41) is 17.4. The molecule has 0 radical (unpaired) electrons. The Morgan fingerprint density at radius 3 is 2.21 bits per heavy atom. The Labute approximate surface area is 111 Å². The van der Waals surface area contributed by atoms with Gasteiger partial charge >= 0.3 is 0 Å². The van der Waals surface area contributed by atoms with Crippen LogP contribution < -0.4 is 0 Å². The molecule has 0 saturated carbocycles. The molecule has 19 heavy (non-hydrogen) atoms. The summed E-state index contributed by atoms with van der Waals surface area (Å²) in [4.78, 5) is 0. The van der Waals surface area contributed by atoms with Gasteiger partial charge < -0.3 is 5.11 Å². The maximum absolute atomic E-state index is 10.3. The van der Waals surface area contributed by atoms with E-state index in [1.807, 2.05) is 12.1 Å². The average molecular weight is 246 g/mol. The van der Waals surface area contributed by atoms with E-state index in [1.165, 1.54) is 32.5 Å². The normalized spacial score (nSPS) is 11.8. The van der Waals surface area contributed by atoms with Gasteiger partial charge in [0.1, 0.15) is 5.75 Å². The van der Waals surface area contributed by atoms with Crippen molar-refractivity contribution >= 4 is 32.3 Å². The Morgan fingerprint density at radius 1 is 0.842 bits per heavy atom. The van der Waals surface area contributed by atoms with Crippen molar-refractivity contribution in [1.82, 2.24) is 0 Å². The zero-order valence-electron chi connectivity index (χ0n) is 10.8. The molecule has 0 unspecified atom stereocenters. The summed E-state index contributed by atoms with van der Waals surface area (Å²) < 4.78 is 0. The highest BCUT2D eigenvalue weighted by molar-refractivity contribution is 6.24. The van der Waals surface area contributed by atoms with E-state index in [0.29, 0.717) is 5.75 Å². The van der Waals surface area contributed by atoms with Crippen LogP contribution in [0.5, 0.6) is 5.75 Å². The minimum Gasteiger partial charge on any atom is -0.507 e. The number of phenols is 1. The molecular formula is C18H14O. The molecule has 0 saturated heterocycles. The third-order valence-electron chi connectivity index (χ3n) is 4.09. The van der Waals surface area contributed by atoms with Gasteiger partial charge in [-0.25, -0.2) is 0 Å². The molecule has 0 aliphatic rings. The molecule has 0 amide bonds. The molecule has 0 spiro atoms. The van der Waals surface area contributed by atoms with Crippen molar-refractivity contribution in [3.8, 4) is 5.75 Å². The van der Waals surface area contributed by atoms with Crippen LogP contribution in [-0.4, -0.2) is 5.11 Å². The fourth-order valence-electron chi connectivity index (χ4n) is 3.18. The number of benzene rings is 4. The largest absolute Gasteiger partial charge is 0.507 e. The summed E-state index contributed by atoms with van der Waals surface area (Å²) in [6, 6.07) is 16.7. The van der Waals surface area contributed by atoms with E-state index in [9.17, 15) is 5.11 Å². The van der Waals surface area contributed by atoms with Gasteiger partial charge in [-0.05, 0) is 39.6 Å². The standard InChI is InChI=1S/C18H14O/c1-2-11-10-16(19)15-9-7-13-5-3-4-12-6-8-14(11)18(15)17(12)13/h3-10,19H,2H2,1H3. The molecule has 92 valence electrons. The first-order valence-corrected chi connectivity index (χ1v) is 6.68. The topological polar surface area (TPSA) is 20.2 Å². The van der Waals surface area contributed by atoms with E-state index in [-0.39, 0.29) is 0 Å². The zero-order chi connectivity index (χ0) is 13.0. The van der Waals surface area contributed by atoms with Gasteiger partial charge in [0.2, 0.25) is 0 Å². The summed E-state index contributed by atoms with van der Waals surface area (Å²) in [5.41, 5.74) is 1.21. The second-order valence-electron chi connectivity index (χ2n) is 5.09. The summed E-state index contributed by atoms with van der Waals surface area (Å²) in [6.45, 7) is 2.13. The van der Waals surface area contributed by atoms with Crippen LogP contribution in [0.2, 0.25) is 0 Å². The van der Waals surface area contributed by atoms with Crippen LogP contribution in [0.15, 0.2) is 48.5 Å². The van der Waals surface area contributed by atoms with Gasteiger partial charge in [0.15, 0.2) is 0 Å². The molecule has 0 aromatic heterocycles. The second-order valence-corrected chi connectivity index (χ2v) is 5.09. The number of aromatic hydroxyl groups is 1. The fraction of sp³-hybridized carbons (Fsp3) is 0.111. The Hall–Kier alpha value is -2.28. The Bertz CT molecular complexity index is 890. The molecule has 1 heteroatoms. The SMILES string of the molecule is CCc1cc(O)c2ccc3cccc4ccc1c2c34. The van der Waals surface area contributed by atoms with Crippen molar-refractivity contribution in [2.45, 2.75) is 13.3 Å². The third-order valence-corrected chi connectivity index (χ3v) is 4.09. The van der Waals surface area contributed by atoms with E-state index in [2.05, 4.69) is 43.3 Å². The molecule has 4 aromatic rings. The molecule has 0 atom stereocenters. The second kappa shape index (κ2) is 3.61. The van der Waals surface area contributed by atoms with Crippen LogP contribution >= 0.6 is 0 Å². The number of hydrogen-bond donors (Lipinski definition) is 1.